The summed E-state index contributed by atoms with van der Waals surface area (Å²) >= 11 is 0. The molecule has 0 aliphatic rings. The predicted octanol–water partition coefficient (Wildman–Crippen LogP) is 5.68. The van der Waals surface area contributed by atoms with E-state index in [1.807, 2.05) is 45.9 Å². The Bertz CT molecular complexity index is 804. The first kappa shape index (κ1) is 19.2. The molecule has 0 unspecified atom stereocenters. The highest BCUT2D eigenvalue weighted by Crippen LogP contribution is 2.37. The van der Waals surface area contributed by atoms with Gasteiger partial charge in [-0.15, -0.1) is 0 Å². The summed E-state index contributed by atoms with van der Waals surface area (Å²) in [6.07, 6.45) is 0. The van der Waals surface area contributed by atoms with Crippen molar-refractivity contribution in [2.24, 2.45) is 0 Å². The lowest BCUT2D eigenvalue weighted by molar-refractivity contribution is 0.0600. The Hall–Kier alpha value is -2.16. The third-order valence-electron chi connectivity index (χ3n) is 4.98. The molecule has 0 radical (unpaired) electrons. The lowest BCUT2D eigenvalue weighted by Crippen LogP contribution is -2.23. The molecule has 0 atom stereocenters. The van der Waals surface area contributed by atoms with Crippen molar-refractivity contribution in [2.75, 3.05) is 7.11 Å². The molecule has 25 heavy (non-hydrogen) atoms. The fourth-order valence-electron chi connectivity index (χ4n) is 3.48. The second-order valence-electron chi connectivity index (χ2n) is 7.49. The predicted molar refractivity (Wildman–Crippen MR) is 99.9 cm³/mol. The van der Waals surface area contributed by atoms with Crippen LogP contribution in [-0.4, -0.2) is 13.1 Å². The lowest BCUT2D eigenvalue weighted by atomic mass is 9.74. The second kappa shape index (κ2) is 6.99. The van der Waals surface area contributed by atoms with E-state index in [0.717, 1.165) is 22.3 Å². The monoisotopic (exact) mass is 342 g/mol. The normalized spacial score (nSPS) is 11.7. The van der Waals surface area contributed by atoms with Crippen LogP contribution in [0.1, 0.15) is 71.8 Å². The number of methoxy groups -OCH3 is 1. The van der Waals surface area contributed by atoms with Crippen molar-refractivity contribution in [3.8, 4) is 0 Å². The smallest absolute Gasteiger partial charge is 0.337 e. The summed E-state index contributed by atoms with van der Waals surface area (Å²) in [6.45, 7) is 12.1. The number of rotatable bonds is 4. The fraction of sp³-hybridized carbons (Fsp3) is 0.409. The number of benzene rings is 2. The van der Waals surface area contributed by atoms with E-state index in [1.165, 1.54) is 7.11 Å². The average molecular weight is 342 g/mol. The molecule has 0 fully saturated rings. The van der Waals surface area contributed by atoms with Crippen LogP contribution in [0.4, 0.5) is 4.39 Å². The van der Waals surface area contributed by atoms with Crippen molar-refractivity contribution in [1.29, 1.82) is 0 Å². The van der Waals surface area contributed by atoms with E-state index in [1.54, 1.807) is 12.1 Å². The van der Waals surface area contributed by atoms with Crippen LogP contribution in [0, 0.1) is 19.7 Å². The highest BCUT2D eigenvalue weighted by atomic mass is 19.1. The summed E-state index contributed by atoms with van der Waals surface area (Å²) in [4.78, 5) is 11.9. The summed E-state index contributed by atoms with van der Waals surface area (Å²) in [6, 6.07) is 9.03. The summed E-state index contributed by atoms with van der Waals surface area (Å²) in [7, 11) is 1.36. The van der Waals surface area contributed by atoms with Gasteiger partial charge in [0.2, 0.25) is 0 Å². The first-order valence-electron chi connectivity index (χ1n) is 8.59. The average Bonchev–Trinajstić information content (AvgIpc) is 2.55. The second-order valence-corrected chi connectivity index (χ2v) is 7.49. The van der Waals surface area contributed by atoms with E-state index in [2.05, 4.69) is 13.8 Å². The first-order valence-corrected chi connectivity index (χ1v) is 8.59. The maximum absolute atomic E-state index is 14.9. The van der Waals surface area contributed by atoms with Crippen molar-refractivity contribution in [3.05, 3.63) is 69.5 Å². The van der Waals surface area contributed by atoms with Crippen molar-refractivity contribution < 1.29 is 13.9 Å². The van der Waals surface area contributed by atoms with E-state index in [0.29, 0.717) is 11.1 Å². The highest BCUT2D eigenvalue weighted by Gasteiger charge is 2.29. The molecule has 0 aliphatic carbocycles. The molecule has 2 nitrogen and oxygen atoms in total. The minimum atomic E-state index is -0.571. The molecule has 0 aliphatic heterocycles. The molecular weight excluding hydrogens is 315 g/mol. The van der Waals surface area contributed by atoms with E-state index >= 15 is 0 Å². The summed E-state index contributed by atoms with van der Waals surface area (Å²) < 4.78 is 19.8. The van der Waals surface area contributed by atoms with Crippen molar-refractivity contribution in [3.63, 3.8) is 0 Å². The number of esters is 1. The molecule has 0 saturated carbocycles. The van der Waals surface area contributed by atoms with E-state index in [-0.39, 0.29) is 17.7 Å². The molecule has 0 amide bonds. The van der Waals surface area contributed by atoms with Gasteiger partial charge in [-0.05, 0) is 65.8 Å². The van der Waals surface area contributed by atoms with Crippen LogP contribution in [0.15, 0.2) is 30.3 Å². The molecule has 2 aromatic rings. The van der Waals surface area contributed by atoms with Crippen LogP contribution in [0.3, 0.4) is 0 Å². The van der Waals surface area contributed by atoms with Crippen LogP contribution in [0.2, 0.25) is 0 Å². The quantitative estimate of drug-likeness (QED) is 0.668. The molecule has 0 spiro atoms. The Labute approximate surface area is 150 Å². The van der Waals surface area contributed by atoms with E-state index in [9.17, 15) is 9.18 Å². The molecule has 2 aromatic carbocycles. The first-order chi connectivity index (χ1) is 11.6. The zero-order valence-corrected chi connectivity index (χ0v) is 16.2. The number of hydrogen-bond donors (Lipinski definition) is 0. The molecule has 0 aromatic heterocycles. The molecule has 2 rings (SSSR count). The lowest BCUT2D eigenvalue weighted by Gasteiger charge is -2.30. The van der Waals surface area contributed by atoms with Gasteiger partial charge in [-0.2, -0.15) is 0 Å². The van der Waals surface area contributed by atoms with Gasteiger partial charge < -0.3 is 4.74 Å². The summed E-state index contributed by atoms with van der Waals surface area (Å²) in [5, 5.41) is 0. The number of carbonyl (C=O) groups excluding carboxylic acids is 1. The third kappa shape index (κ3) is 3.60. The van der Waals surface area contributed by atoms with E-state index in [4.69, 9.17) is 4.74 Å². The summed E-state index contributed by atoms with van der Waals surface area (Å²) in [5.41, 5.74) is 4.59. The van der Waals surface area contributed by atoms with Crippen LogP contribution >= 0.6 is 0 Å². The van der Waals surface area contributed by atoms with Gasteiger partial charge in [-0.25, -0.2) is 9.18 Å². The van der Waals surface area contributed by atoms with Gasteiger partial charge in [-0.3, -0.25) is 0 Å². The van der Waals surface area contributed by atoms with Crippen LogP contribution in [0.25, 0.3) is 0 Å². The summed E-state index contributed by atoms with van der Waals surface area (Å²) in [5.74, 6) is -0.318. The number of aryl methyl sites for hydroxylation is 2. The van der Waals surface area contributed by atoms with Gasteiger partial charge in [0.1, 0.15) is 5.82 Å². The van der Waals surface area contributed by atoms with Gasteiger partial charge in [0.25, 0.3) is 0 Å². The van der Waals surface area contributed by atoms with Crippen LogP contribution < -0.4 is 0 Å². The van der Waals surface area contributed by atoms with Crippen molar-refractivity contribution in [1.82, 2.24) is 0 Å². The zero-order chi connectivity index (χ0) is 18.9. The molecule has 134 valence electrons. The topological polar surface area (TPSA) is 26.3 Å². The Morgan fingerprint density at radius 3 is 2.24 bits per heavy atom. The van der Waals surface area contributed by atoms with Crippen molar-refractivity contribution >= 4 is 5.97 Å². The maximum atomic E-state index is 14.9. The maximum Gasteiger partial charge on any atom is 0.337 e. The third-order valence-corrected chi connectivity index (χ3v) is 4.98. The fourth-order valence-corrected chi connectivity index (χ4v) is 3.48. The van der Waals surface area contributed by atoms with Gasteiger partial charge in [-0.1, -0.05) is 39.8 Å². The standard InChI is InChI=1S/C22H27FO2/c1-13(2)17-12-20(23)19(10-15(17)4)22(5,6)18-11-16(21(24)25-7)9-8-14(18)3/h8-13H,1-7H3. The molecule has 0 heterocycles. The SMILES string of the molecule is COC(=O)c1ccc(C)c(C(C)(C)c2cc(C)c(C(C)C)cc2F)c1. The number of hydrogen-bond acceptors (Lipinski definition) is 2. The van der Waals surface area contributed by atoms with Gasteiger partial charge >= 0.3 is 5.97 Å². The minimum absolute atomic E-state index is 0.206. The molecule has 0 bridgehead atoms. The largest absolute Gasteiger partial charge is 0.465 e. The van der Waals surface area contributed by atoms with E-state index < -0.39 is 5.41 Å². The Morgan fingerprint density at radius 1 is 1.04 bits per heavy atom. The number of ether oxygens (including phenoxy) is 1. The Kier molecular flexibility index (Phi) is 5.36. The highest BCUT2D eigenvalue weighted by molar-refractivity contribution is 5.89. The van der Waals surface area contributed by atoms with Crippen LogP contribution in [0.5, 0.6) is 0 Å². The van der Waals surface area contributed by atoms with Gasteiger partial charge in [0, 0.05) is 5.41 Å². The van der Waals surface area contributed by atoms with Crippen LogP contribution in [-0.2, 0) is 10.2 Å². The van der Waals surface area contributed by atoms with Gasteiger partial charge in [0.05, 0.1) is 12.7 Å². The Morgan fingerprint density at radius 2 is 1.68 bits per heavy atom. The Balaban J connectivity index is 2.63. The molecule has 3 heteroatoms. The molecule has 0 saturated heterocycles. The van der Waals surface area contributed by atoms with Gasteiger partial charge in [0.15, 0.2) is 0 Å². The van der Waals surface area contributed by atoms with Crippen molar-refractivity contribution in [2.45, 2.75) is 52.9 Å². The minimum Gasteiger partial charge on any atom is -0.465 e. The zero-order valence-electron chi connectivity index (χ0n) is 16.2. The molecule has 0 N–H and O–H groups in total. The molecular formula is C22H27FO2. The number of carbonyl (C=O) groups is 1. The number of halogens is 1.